The van der Waals surface area contributed by atoms with Crippen LogP contribution in [0, 0.1) is 6.92 Å². The van der Waals surface area contributed by atoms with E-state index in [4.69, 9.17) is 9.47 Å². The van der Waals surface area contributed by atoms with Gasteiger partial charge < -0.3 is 39.0 Å². The monoisotopic (exact) mass is 1070 g/mol. The van der Waals surface area contributed by atoms with Crippen molar-refractivity contribution in [3.63, 3.8) is 0 Å². The summed E-state index contributed by atoms with van der Waals surface area (Å²) in [6, 6.07) is 30.6. The average Bonchev–Trinajstić information content (AvgIpc) is 4.28. The van der Waals surface area contributed by atoms with Crippen molar-refractivity contribution in [3.8, 4) is 22.5 Å². The number of sulfonamides is 2. The average molecular weight is 1070 g/mol. The number of hydrogen-bond acceptors (Lipinski definition) is 11. The fourth-order valence-electron chi connectivity index (χ4n) is 9.96. The number of carbonyl (C=O) groups excluding carboxylic acids is 2. The molecule has 76 heavy (non-hydrogen) atoms. The zero-order chi connectivity index (χ0) is 53.6. The highest BCUT2D eigenvalue weighted by atomic mass is 32.2. The molecule has 2 aliphatic rings. The van der Waals surface area contributed by atoms with Gasteiger partial charge in [-0.3, -0.25) is 14.6 Å². The van der Waals surface area contributed by atoms with Crippen LogP contribution in [0.25, 0.3) is 44.3 Å². The lowest BCUT2D eigenvalue weighted by molar-refractivity contribution is -0.131. The summed E-state index contributed by atoms with van der Waals surface area (Å²) in [5, 5.41) is 2.03. The molecule has 9 rings (SSSR count). The third-order valence-corrected chi connectivity index (χ3v) is 18.1. The minimum Gasteiger partial charge on any atom is -0.379 e. The number of nitrogens with zero attached hydrogens (tertiary/aromatic N) is 7. The number of aryl methyl sites for hydroxylation is 1. The zero-order valence-corrected chi connectivity index (χ0v) is 45.8. The van der Waals surface area contributed by atoms with E-state index in [9.17, 15) is 26.4 Å². The van der Waals surface area contributed by atoms with E-state index in [0.29, 0.717) is 32.8 Å². The van der Waals surface area contributed by atoms with E-state index < -0.39 is 20.0 Å². The molecule has 2 fully saturated rings. The maximum Gasteiger partial charge on any atom is 0.243 e. The SMILES string of the molecule is Cc1ccc2cc(-c3cc(S(=O)(=O)N(C)CC(=O)N(C)CCOCCOCCc4ccc5cc(-c6cc(S(=O)(=O)N(C)CC(=O)N(C)Cc7cccnc7)ccc6N6CCCC6)[nH]c5c4)ccc3N3CCCC3)[nH]c2c1. The van der Waals surface area contributed by atoms with Crippen LogP contribution in [0.3, 0.4) is 0 Å². The molecule has 3 aromatic heterocycles. The second-order valence-corrected chi connectivity index (χ2v) is 24.1. The molecule has 402 valence electrons. The quantitative estimate of drug-likeness (QED) is 0.0604. The van der Waals surface area contributed by atoms with Crippen molar-refractivity contribution in [3.05, 3.63) is 126 Å². The van der Waals surface area contributed by atoms with Gasteiger partial charge in [-0.2, -0.15) is 8.61 Å². The summed E-state index contributed by atoms with van der Waals surface area (Å²) in [7, 11) is -1.88. The van der Waals surface area contributed by atoms with Crippen LogP contribution in [0.4, 0.5) is 11.4 Å². The highest BCUT2D eigenvalue weighted by Gasteiger charge is 2.29. The van der Waals surface area contributed by atoms with Gasteiger partial charge in [0.2, 0.25) is 31.9 Å². The predicted molar refractivity (Wildman–Crippen MR) is 298 cm³/mol. The van der Waals surface area contributed by atoms with Gasteiger partial charge in [0.25, 0.3) is 0 Å². The van der Waals surface area contributed by atoms with Crippen LogP contribution in [-0.2, 0) is 52.1 Å². The third kappa shape index (κ3) is 12.5. The van der Waals surface area contributed by atoms with Gasteiger partial charge in [0.05, 0.1) is 49.3 Å². The first-order chi connectivity index (χ1) is 36.5. The van der Waals surface area contributed by atoms with Crippen molar-refractivity contribution in [2.45, 2.75) is 55.4 Å². The Morgan fingerprint density at radius 3 is 1.67 bits per heavy atom. The Labute approximate surface area is 446 Å². The Morgan fingerprint density at radius 1 is 0.592 bits per heavy atom. The molecule has 2 aliphatic heterocycles. The smallest absolute Gasteiger partial charge is 0.243 e. The fraction of sp³-hybridized carbons (Fsp3) is 0.386. The number of anilines is 2. The van der Waals surface area contributed by atoms with E-state index in [2.05, 4.69) is 61.1 Å². The Bertz CT molecular complexity index is 3410. The van der Waals surface area contributed by atoms with Crippen LogP contribution >= 0.6 is 0 Å². The standard InChI is InChI=1S/C57H69N9O8S2/c1-41-12-14-44-33-52(59-50(44)31-41)48-35-46(16-18-54(48)65-22-6-7-23-65)75(69,70)63(4)39-56(67)61(2)26-28-74-30-29-73-27-20-42-13-15-45-34-53(60-51(45)32-42)49-36-47(17-19-55(49)66-24-8-9-25-66)76(71,72)64(5)40-57(68)62(3)38-43-11-10-21-58-37-43/h10-19,21,31-37,59-60H,6-9,20,22-30,38-40H2,1-5H3. The lowest BCUT2D eigenvalue weighted by Crippen LogP contribution is -2.40. The second kappa shape index (κ2) is 23.7. The first-order valence-corrected chi connectivity index (χ1v) is 28.9. The van der Waals surface area contributed by atoms with E-state index in [0.717, 1.165) is 133 Å². The lowest BCUT2D eigenvalue weighted by atomic mass is 10.1. The summed E-state index contributed by atoms with van der Waals surface area (Å²) in [6.07, 6.45) is 8.27. The Balaban J connectivity index is 0.745. The highest BCUT2D eigenvalue weighted by molar-refractivity contribution is 7.89. The van der Waals surface area contributed by atoms with Gasteiger partial charge in [-0.15, -0.1) is 0 Å². The molecule has 0 atom stereocenters. The molecule has 0 unspecified atom stereocenters. The van der Waals surface area contributed by atoms with Gasteiger partial charge in [-0.1, -0.05) is 30.3 Å². The van der Waals surface area contributed by atoms with Gasteiger partial charge in [0.1, 0.15) is 0 Å². The second-order valence-electron chi connectivity index (χ2n) is 20.0. The van der Waals surface area contributed by atoms with Crippen LogP contribution in [0.5, 0.6) is 0 Å². The van der Waals surface area contributed by atoms with E-state index in [1.807, 2.05) is 37.3 Å². The molecule has 0 spiro atoms. The summed E-state index contributed by atoms with van der Waals surface area (Å²) in [5.74, 6) is -0.677. The number of rotatable bonds is 23. The van der Waals surface area contributed by atoms with Gasteiger partial charge in [0.15, 0.2) is 0 Å². The third-order valence-electron chi connectivity index (χ3n) is 14.5. The molecule has 19 heteroatoms. The minimum absolute atomic E-state index is 0.106. The van der Waals surface area contributed by atoms with Crippen LogP contribution in [-0.4, -0.2) is 162 Å². The molecule has 2 saturated heterocycles. The number of amides is 2. The van der Waals surface area contributed by atoms with Crippen molar-refractivity contribution >= 4 is 65.0 Å². The molecule has 2 N–H and O–H groups in total. The van der Waals surface area contributed by atoms with Gasteiger partial charge >= 0.3 is 0 Å². The summed E-state index contributed by atoms with van der Waals surface area (Å²) in [5.41, 5.74) is 10.1. The molecule has 0 aliphatic carbocycles. The molecule has 4 aromatic carbocycles. The van der Waals surface area contributed by atoms with Crippen LogP contribution in [0.2, 0.25) is 0 Å². The maximum atomic E-state index is 14.0. The molecule has 0 radical (unpaired) electrons. The van der Waals surface area contributed by atoms with Gasteiger partial charge in [-0.05, 0) is 122 Å². The number of H-pyrrole nitrogens is 2. The summed E-state index contributed by atoms with van der Waals surface area (Å²) in [6.45, 7) is 6.97. The molecule has 7 aromatic rings. The zero-order valence-electron chi connectivity index (χ0n) is 44.1. The number of carbonyl (C=O) groups is 2. The summed E-state index contributed by atoms with van der Waals surface area (Å²) >= 11 is 0. The van der Waals surface area contributed by atoms with Crippen molar-refractivity contribution in [1.29, 1.82) is 0 Å². The van der Waals surface area contributed by atoms with Crippen LogP contribution < -0.4 is 9.80 Å². The number of aromatic amines is 2. The summed E-state index contributed by atoms with van der Waals surface area (Å²) in [4.78, 5) is 45.4. The largest absolute Gasteiger partial charge is 0.379 e. The molecule has 0 saturated carbocycles. The number of nitrogens with one attached hydrogen (secondary N) is 2. The number of pyridine rings is 1. The summed E-state index contributed by atoms with van der Waals surface area (Å²) < 4.78 is 69.8. The Hall–Kier alpha value is -6.61. The van der Waals surface area contributed by atoms with Crippen molar-refractivity contribution in [2.24, 2.45) is 0 Å². The van der Waals surface area contributed by atoms with E-state index in [1.165, 1.54) is 23.9 Å². The van der Waals surface area contributed by atoms with Crippen LogP contribution in [0.1, 0.15) is 42.4 Å². The van der Waals surface area contributed by atoms with Gasteiger partial charge in [-0.25, -0.2) is 16.8 Å². The number of aromatic nitrogens is 3. The molecule has 2 amide bonds. The van der Waals surface area contributed by atoms with Crippen LogP contribution in [0.15, 0.2) is 119 Å². The number of likely N-dealkylation sites (N-methyl/N-ethyl adjacent to an activating group) is 4. The number of benzene rings is 4. The Kier molecular flexibility index (Phi) is 16.9. The van der Waals surface area contributed by atoms with E-state index in [-0.39, 0.29) is 47.8 Å². The van der Waals surface area contributed by atoms with E-state index >= 15 is 0 Å². The number of fused-ring (bicyclic) bond motifs is 2. The van der Waals surface area contributed by atoms with E-state index in [1.54, 1.807) is 56.8 Å². The maximum absolute atomic E-state index is 14.0. The molecule has 0 bridgehead atoms. The topological polar surface area (TPSA) is 185 Å². The number of hydrogen-bond donors (Lipinski definition) is 2. The first-order valence-electron chi connectivity index (χ1n) is 26.0. The fourth-order valence-corrected chi connectivity index (χ4v) is 12.2. The van der Waals surface area contributed by atoms with Crippen molar-refractivity contribution in [2.75, 3.05) is 110 Å². The van der Waals surface area contributed by atoms with Crippen molar-refractivity contribution in [1.82, 2.24) is 33.4 Å². The Morgan fingerprint density at radius 2 is 1.12 bits per heavy atom. The molecule has 17 nitrogen and oxygen atoms in total. The van der Waals surface area contributed by atoms with Gasteiger partial charge in [0, 0.05) is 136 Å². The number of ether oxygens (including phenoxy) is 2. The molecular weight excluding hydrogens is 1000 g/mol. The molecular formula is C57H69N9O8S2. The highest BCUT2D eigenvalue weighted by Crippen LogP contribution is 2.38. The normalized spacial score (nSPS) is 14.2. The first kappa shape index (κ1) is 54.2. The minimum atomic E-state index is -4.03. The lowest BCUT2D eigenvalue weighted by Gasteiger charge is -2.24. The van der Waals surface area contributed by atoms with Crippen molar-refractivity contribution < 1.29 is 35.9 Å². The molecule has 5 heterocycles. The predicted octanol–water partition coefficient (Wildman–Crippen LogP) is 7.52.